The van der Waals surface area contributed by atoms with Crippen LogP contribution in [0.3, 0.4) is 0 Å². The quantitative estimate of drug-likeness (QED) is 0.774. The van der Waals surface area contributed by atoms with Gasteiger partial charge in [-0.1, -0.05) is 6.07 Å². The van der Waals surface area contributed by atoms with Gasteiger partial charge >= 0.3 is 0 Å². The molecular weight excluding hydrogens is 328 g/mol. The fraction of sp³-hybridized carbons (Fsp3) is 0.294. The van der Waals surface area contributed by atoms with Crippen molar-refractivity contribution in [2.75, 3.05) is 25.7 Å². The number of nitrogens with one attached hydrogen (secondary N) is 2. The van der Waals surface area contributed by atoms with Gasteiger partial charge in [0.05, 0.1) is 17.6 Å². The van der Waals surface area contributed by atoms with Crippen molar-refractivity contribution in [2.24, 2.45) is 0 Å². The van der Waals surface area contributed by atoms with E-state index in [1.54, 1.807) is 23.5 Å². The number of carbonyl (C=O) groups is 2. The van der Waals surface area contributed by atoms with Crippen molar-refractivity contribution in [3.05, 3.63) is 40.1 Å². The summed E-state index contributed by atoms with van der Waals surface area (Å²) in [7, 11) is 1.96. The number of ketones is 1. The molecule has 0 fully saturated rings. The fourth-order valence-electron chi connectivity index (χ4n) is 2.58. The molecule has 1 amide bonds. The van der Waals surface area contributed by atoms with Crippen LogP contribution in [0.25, 0.3) is 0 Å². The number of hydrogen-bond acceptors (Lipinski definition) is 5. The first-order valence-corrected chi connectivity index (χ1v) is 8.49. The van der Waals surface area contributed by atoms with Crippen molar-refractivity contribution in [3.63, 3.8) is 0 Å². The molecule has 0 bridgehead atoms. The van der Waals surface area contributed by atoms with Gasteiger partial charge in [0, 0.05) is 11.6 Å². The molecule has 0 spiro atoms. The molecule has 1 unspecified atom stereocenters. The molecule has 24 heavy (non-hydrogen) atoms. The summed E-state index contributed by atoms with van der Waals surface area (Å²) >= 11 is 1.67. The lowest BCUT2D eigenvalue weighted by atomic mass is 10.1. The molecule has 2 N–H and O–H groups in total. The average molecular weight is 347 g/mol. The Hall–Kier alpha value is -2.38. The number of Topliss-reactive ketones (excluding diaryl/α,β-unsaturated/α-hetero) is 1. The molecule has 0 radical (unpaired) electrons. The summed E-state index contributed by atoms with van der Waals surface area (Å²) in [5.74, 6) is 0.779. The van der Waals surface area contributed by atoms with Crippen LogP contribution < -0.4 is 19.7 Å². The number of ether oxygens (including phenoxy) is 2. The standard InChI is InChI=1S/C17H18N2O4S/c1-11(20)13-6-15-16(23-10-22-15)7-14(13)18-17(21)9-19(2)8-12-4-3-5-24-12/h3-7H,8-10H2,1-2H3,(H,18,21)/p+1. The molecule has 7 heteroatoms. The van der Waals surface area contributed by atoms with Crippen molar-refractivity contribution in [2.45, 2.75) is 13.5 Å². The second kappa shape index (κ2) is 7.02. The highest BCUT2D eigenvalue weighted by Gasteiger charge is 2.21. The monoisotopic (exact) mass is 347 g/mol. The molecule has 2 heterocycles. The molecular formula is C17H19N2O4S+. The summed E-state index contributed by atoms with van der Waals surface area (Å²) in [5.41, 5.74) is 0.879. The first-order valence-electron chi connectivity index (χ1n) is 7.61. The van der Waals surface area contributed by atoms with Crippen LogP contribution in [-0.2, 0) is 11.3 Å². The van der Waals surface area contributed by atoms with E-state index in [4.69, 9.17) is 9.47 Å². The van der Waals surface area contributed by atoms with Crippen LogP contribution in [0.4, 0.5) is 5.69 Å². The Kier molecular flexibility index (Phi) is 4.82. The van der Waals surface area contributed by atoms with Crippen LogP contribution in [0, 0.1) is 0 Å². The Morgan fingerprint density at radius 2 is 2.04 bits per heavy atom. The van der Waals surface area contributed by atoms with Crippen LogP contribution in [-0.4, -0.2) is 32.1 Å². The van der Waals surface area contributed by atoms with E-state index in [1.807, 2.05) is 18.5 Å². The number of rotatable bonds is 6. The molecule has 1 atom stereocenters. The zero-order chi connectivity index (χ0) is 17.1. The van der Waals surface area contributed by atoms with E-state index in [2.05, 4.69) is 11.4 Å². The number of quaternary nitrogens is 1. The highest BCUT2D eigenvalue weighted by atomic mass is 32.1. The van der Waals surface area contributed by atoms with E-state index in [1.165, 1.54) is 11.8 Å². The van der Waals surface area contributed by atoms with E-state index in [0.717, 1.165) is 11.4 Å². The lowest BCUT2D eigenvalue weighted by Crippen LogP contribution is -3.08. The van der Waals surface area contributed by atoms with Crippen LogP contribution >= 0.6 is 11.3 Å². The first-order chi connectivity index (χ1) is 11.5. The molecule has 126 valence electrons. The molecule has 1 aliphatic heterocycles. The highest BCUT2D eigenvalue weighted by molar-refractivity contribution is 7.09. The minimum atomic E-state index is -0.148. The third-order valence-electron chi connectivity index (χ3n) is 3.68. The Balaban J connectivity index is 1.68. The smallest absolute Gasteiger partial charge is 0.279 e. The molecule has 1 aliphatic rings. The van der Waals surface area contributed by atoms with Gasteiger partial charge in [0.25, 0.3) is 5.91 Å². The molecule has 0 saturated heterocycles. The van der Waals surface area contributed by atoms with Gasteiger partial charge in [-0.15, -0.1) is 11.3 Å². The summed E-state index contributed by atoms with van der Waals surface area (Å²) in [4.78, 5) is 26.4. The third kappa shape index (κ3) is 3.74. The second-order valence-electron chi connectivity index (χ2n) is 5.75. The third-order valence-corrected chi connectivity index (χ3v) is 4.56. The van der Waals surface area contributed by atoms with E-state index in [0.29, 0.717) is 29.3 Å². The number of likely N-dealkylation sites (N-methyl/N-ethyl adjacent to an activating group) is 1. The fourth-order valence-corrected chi connectivity index (χ4v) is 3.40. The summed E-state index contributed by atoms with van der Waals surface area (Å²) in [6, 6.07) is 7.31. The lowest BCUT2D eigenvalue weighted by molar-refractivity contribution is -0.884. The number of hydrogen-bond donors (Lipinski definition) is 2. The Bertz CT molecular complexity index is 758. The van der Waals surface area contributed by atoms with Crippen molar-refractivity contribution in [1.29, 1.82) is 0 Å². The second-order valence-corrected chi connectivity index (χ2v) is 6.78. The van der Waals surface area contributed by atoms with E-state index in [-0.39, 0.29) is 18.5 Å². The van der Waals surface area contributed by atoms with Gasteiger partial charge in [-0.05, 0) is 24.4 Å². The number of amides is 1. The summed E-state index contributed by atoms with van der Waals surface area (Å²) in [6.07, 6.45) is 0. The van der Waals surface area contributed by atoms with Crippen LogP contribution in [0.1, 0.15) is 22.2 Å². The minimum absolute atomic E-state index is 0.123. The molecule has 2 aromatic rings. The maximum Gasteiger partial charge on any atom is 0.279 e. The molecule has 1 aromatic carbocycles. The maximum absolute atomic E-state index is 12.3. The number of benzene rings is 1. The lowest BCUT2D eigenvalue weighted by Gasteiger charge is -2.14. The minimum Gasteiger partial charge on any atom is -0.454 e. The Labute approximate surface area is 144 Å². The first kappa shape index (κ1) is 16.5. The van der Waals surface area contributed by atoms with Crippen molar-refractivity contribution in [3.8, 4) is 11.5 Å². The molecule has 1 aromatic heterocycles. The zero-order valence-electron chi connectivity index (χ0n) is 13.5. The highest BCUT2D eigenvalue weighted by Crippen LogP contribution is 2.37. The molecule has 6 nitrogen and oxygen atoms in total. The average Bonchev–Trinajstić information content (AvgIpc) is 3.16. The zero-order valence-corrected chi connectivity index (χ0v) is 14.4. The molecule has 3 rings (SSSR count). The van der Waals surface area contributed by atoms with Crippen LogP contribution in [0.15, 0.2) is 29.6 Å². The van der Waals surface area contributed by atoms with Crippen molar-refractivity contribution >= 4 is 28.7 Å². The SMILES string of the molecule is CC(=O)c1cc2c(cc1NC(=O)C[NH+](C)Cc1cccs1)OCO2. The molecule has 0 aliphatic carbocycles. The van der Waals surface area contributed by atoms with Crippen molar-refractivity contribution in [1.82, 2.24) is 0 Å². The Morgan fingerprint density at radius 3 is 2.71 bits per heavy atom. The number of fused-ring (bicyclic) bond motifs is 1. The Morgan fingerprint density at radius 1 is 1.29 bits per heavy atom. The number of anilines is 1. The van der Waals surface area contributed by atoms with E-state index >= 15 is 0 Å². The summed E-state index contributed by atoms with van der Waals surface area (Å²) in [6.45, 7) is 2.68. The summed E-state index contributed by atoms with van der Waals surface area (Å²) in [5, 5.41) is 4.84. The predicted molar refractivity (Wildman–Crippen MR) is 91.0 cm³/mol. The topological polar surface area (TPSA) is 69.1 Å². The normalized spacial score (nSPS) is 13.6. The maximum atomic E-state index is 12.3. The van der Waals surface area contributed by atoms with Gasteiger partial charge in [-0.25, -0.2) is 0 Å². The van der Waals surface area contributed by atoms with Gasteiger partial charge in [-0.2, -0.15) is 0 Å². The number of thiophene rings is 1. The van der Waals surface area contributed by atoms with E-state index in [9.17, 15) is 9.59 Å². The molecule has 0 saturated carbocycles. The largest absolute Gasteiger partial charge is 0.454 e. The van der Waals surface area contributed by atoms with Gasteiger partial charge in [-0.3, -0.25) is 9.59 Å². The van der Waals surface area contributed by atoms with Gasteiger partial charge in [0.2, 0.25) is 6.79 Å². The van der Waals surface area contributed by atoms with Crippen LogP contribution in [0.5, 0.6) is 11.5 Å². The predicted octanol–water partition coefficient (Wildman–Crippen LogP) is 1.33. The number of carbonyl (C=O) groups excluding carboxylic acids is 2. The van der Waals surface area contributed by atoms with E-state index < -0.39 is 0 Å². The van der Waals surface area contributed by atoms with Crippen molar-refractivity contribution < 1.29 is 24.0 Å². The van der Waals surface area contributed by atoms with Crippen LogP contribution in [0.2, 0.25) is 0 Å². The van der Waals surface area contributed by atoms with Gasteiger partial charge in [0.1, 0.15) is 6.54 Å². The van der Waals surface area contributed by atoms with Gasteiger partial charge in [0.15, 0.2) is 23.8 Å². The summed E-state index contributed by atoms with van der Waals surface area (Å²) < 4.78 is 10.6. The van der Waals surface area contributed by atoms with Gasteiger partial charge < -0.3 is 19.7 Å².